The third kappa shape index (κ3) is 5.02. The Kier molecular flexibility index (Phi) is 6.07. The molecule has 7 nitrogen and oxygen atoms in total. The predicted octanol–water partition coefficient (Wildman–Crippen LogP) is 4.10. The third-order valence-electron chi connectivity index (χ3n) is 4.04. The highest BCUT2D eigenvalue weighted by Gasteiger charge is 2.15. The second-order valence-corrected chi connectivity index (χ2v) is 10.2. The SMILES string of the molecule is O=C(CSc1nc2ccc(NS(=O)(=O)c3ccccc3)cc2s1)NCc1ccco1. The number of aromatic nitrogens is 1. The molecule has 4 aromatic rings. The van der Waals surface area contributed by atoms with Gasteiger partial charge in [0.1, 0.15) is 5.76 Å². The Morgan fingerprint density at radius 1 is 1.10 bits per heavy atom. The average molecular weight is 460 g/mol. The molecule has 10 heteroatoms. The summed E-state index contributed by atoms with van der Waals surface area (Å²) in [6.07, 6.45) is 1.56. The van der Waals surface area contributed by atoms with Gasteiger partial charge in [0.25, 0.3) is 10.0 Å². The van der Waals surface area contributed by atoms with Crippen molar-refractivity contribution in [3.8, 4) is 0 Å². The Morgan fingerprint density at radius 3 is 2.70 bits per heavy atom. The lowest BCUT2D eigenvalue weighted by molar-refractivity contribution is -0.118. The molecule has 0 unspecified atom stereocenters. The van der Waals surface area contributed by atoms with E-state index in [9.17, 15) is 13.2 Å². The van der Waals surface area contributed by atoms with Crippen LogP contribution in [0, 0.1) is 0 Å². The highest BCUT2D eigenvalue weighted by Crippen LogP contribution is 2.31. The summed E-state index contributed by atoms with van der Waals surface area (Å²) in [6, 6.07) is 16.9. The van der Waals surface area contributed by atoms with E-state index in [1.54, 1.807) is 66.9 Å². The number of nitrogens with one attached hydrogen (secondary N) is 2. The molecule has 2 heterocycles. The van der Waals surface area contributed by atoms with Crippen LogP contribution in [0.1, 0.15) is 5.76 Å². The molecule has 2 N–H and O–H groups in total. The van der Waals surface area contributed by atoms with Crippen LogP contribution in [0.5, 0.6) is 0 Å². The summed E-state index contributed by atoms with van der Waals surface area (Å²) >= 11 is 2.74. The van der Waals surface area contributed by atoms with Crippen LogP contribution >= 0.6 is 23.1 Å². The van der Waals surface area contributed by atoms with Crippen molar-refractivity contribution < 1.29 is 17.6 Å². The molecule has 0 aliphatic heterocycles. The second kappa shape index (κ2) is 8.90. The topological polar surface area (TPSA) is 101 Å². The van der Waals surface area contributed by atoms with E-state index >= 15 is 0 Å². The van der Waals surface area contributed by atoms with Crippen molar-refractivity contribution >= 4 is 54.9 Å². The Hall–Kier alpha value is -2.82. The summed E-state index contributed by atoms with van der Waals surface area (Å²) in [5, 5.41) is 2.79. The number of amides is 1. The number of nitrogens with zero attached hydrogens (tertiary/aromatic N) is 1. The Bertz CT molecular complexity index is 1250. The van der Waals surface area contributed by atoms with Crippen molar-refractivity contribution in [2.75, 3.05) is 10.5 Å². The van der Waals surface area contributed by atoms with Crippen LogP contribution in [0.15, 0.2) is 80.6 Å². The second-order valence-electron chi connectivity index (χ2n) is 6.23. The van der Waals surface area contributed by atoms with Crippen LogP contribution in [0.2, 0.25) is 0 Å². The first-order chi connectivity index (χ1) is 14.5. The molecule has 0 bridgehead atoms. The molecular weight excluding hydrogens is 442 g/mol. The van der Waals surface area contributed by atoms with E-state index in [0.717, 1.165) is 14.6 Å². The fourth-order valence-electron chi connectivity index (χ4n) is 2.62. The lowest BCUT2D eigenvalue weighted by atomic mass is 10.3. The first-order valence-corrected chi connectivity index (χ1v) is 12.2. The summed E-state index contributed by atoms with van der Waals surface area (Å²) in [4.78, 5) is 16.7. The Balaban J connectivity index is 1.39. The molecule has 0 saturated heterocycles. The number of furan rings is 1. The van der Waals surface area contributed by atoms with E-state index in [-0.39, 0.29) is 16.6 Å². The first kappa shape index (κ1) is 20.5. The van der Waals surface area contributed by atoms with Gasteiger partial charge in [-0.3, -0.25) is 9.52 Å². The molecule has 1 amide bonds. The number of benzene rings is 2. The Morgan fingerprint density at radius 2 is 1.93 bits per heavy atom. The normalized spacial score (nSPS) is 11.5. The van der Waals surface area contributed by atoms with Crippen LogP contribution < -0.4 is 10.0 Å². The minimum atomic E-state index is -3.65. The van der Waals surface area contributed by atoms with Gasteiger partial charge >= 0.3 is 0 Å². The van der Waals surface area contributed by atoms with E-state index in [0.29, 0.717) is 18.0 Å². The van der Waals surface area contributed by atoms with Gasteiger partial charge in [0, 0.05) is 0 Å². The maximum atomic E-state index is 12.5. The number of hydrogen-bond acceptors (Lipinski definition) is 7. The molecule has 30 heavy (non-hydrogen) atoms. The number of thiazole rings is 1. The van der Waals surface area contributed by atoms with Crippen LogP contribution in [0.4, 0.5) is 5.69 Å². The van der Waals surface area contributed by atoms with Crippen LogP contribution in [0.25, 0.3) is 10.2 Å². The Labute approximate surface area is 181 Å². The summed E-state index contributed by atoms with van der Waals surface area (Å²) in [5.41, 5.74) is 1.21. The van der Waals surface area contributed by atoms with Crippen molar-refractivity contribution in [3.05, 3.63) is 72.7 Å². The number of anilines is 1. The molecule has 2 aromatic heterocycles. The van der Waals surface area contributed by atoms with Crippen LogP contribution in [-0.4, -0.2) is 25.1 Å². The molecule has 0 fully saturated rings. The zero-order valence-corrected chi connectivity index (χ0v) is 18.0. The number of rotatable bonds is 8. The van der Waals surface area contributed by atoms with Gasteiger partial charge in [0.15, 0.2) is 4.34 Å². The molecule has 0 saturated carbocycles. The van der Waals surface area contributed by atoms with Crippen molar-refractivity contribution in [1.82, 2.24) is 10.3 Å². The van der Waals surface area contributed by atoms with Crippen LogP contribution in [0.3, 0.4) is 0 Å². The maximum Gasteiger partial charge on any atom is 0.261 e. The van der Waals surface area contributed by atoms with Crippen molar-refractivity contribution in [2.45, 2.75) is 15.8 Å². The number of carbonyl (C=O) groups excluding carboxylic acids is 1. The molecular formula is C20H17N3O4S3. The largest absolute Gasteiger partial charge is 0.467 e. The van der Waals surface area contributed by atoms with Gasteiger partial charge in [-0.1, -0.05) is 30.0 Å². The minimum Gasteiger partial charge on any atom is -0.467 e. The molecule has 0 aliphatic carbocycles. The number of carbonyl (C=O) groups is 1. The quantitative estimate of drug-likeness (QED) is 0.385. The molecule has 0 aliphatic rings. The molecule has 0 atom stereocenters. The van der Waals surface area contributed by atoms with Gasteiger partial charge in [-0.2, -0.15) is 0 Å². The first-order valence-electron chi connectivity index (χ1n) is 8.90. The third-order valence-corrected chi connectivity index (χ3v) is 7.60. The highest BCUT2D eigenvalue weighted by atomic mass is 32.2. The number of fused-ring (bicyclic) bond motifs is 1. The van der Waals surface area contributed by atoms with E-state index in [2.05, 4.69) is 15.0 Å². The predicted molar refractivity (Wildman–Crippen MR) is 118 cm³/mol. The highest BCUT2D eigenvalue weighted by molar-refractivity contribution is 8.01. The summed E-state index contributed by atoms with van der Waals surface area (Å²) in [6.45, 7) is 0.344. The monoisotopic (exact) mass is 459 g/mol. The smallest absolute Gasteiger partial charge is 0.261 e. The number of thioether (sulfide) groups is 1. The van der Waals surface area contributed by atoms with Crippen molar-refractivity contribution in [1.29, 1.82) is 0 Å². The van der Waals surface area contributed by atoms with Gasteiger partial charge < -0.3 is 9.73 Å². The minimum absolute atomic E-state index is 0.119. The van der Waals surface area contributed by atoms with Gasteiger partial charge in [0.05, 0.1) is 39.4 Å². The van der Waals surface area contributed by atoms with Gasteiger partial charge in [-0.05, 0) is 42.5 Å². The molecule has 4 rings (SSSR count). The van der Waals surface area contributed by atoms with Gasteiger partial charge in [-0.15, -0.1) is 11.3 Å². The van der Waals surface area contributed by atoms with E-state index in [1.165, 1.54) is 23.1 Å². The standard InChI is InChI=1S/C20H17N3O4S3/c24-19(21-12-15-5-4-10-27-15)13-28-20-22-17-9-8-14(11-18(17)29-20)23-30(25,26)16-6-2-1-3-7-16/h1-11,23H,12-13H2,(H,21,24). The molecule has 154 valence electrons. The number of hydrogen-bond donors (Lipinski definition) is 2. The lowest BCUT2D eigenvalue weighted by Crippen LogP contribution is -2.24. The number of sulfonamides is 1. The fourth-order valence-corrected chi connectivity index (χ4v) is 5.63. The van der Waals surface area contributed by atoms with E-state index in [1.807, 2.05) is 0 Å². The average Bonchev–Trinajstić information content (AvgIpc) is 3.40. The maximum absolute atomic E-state index is 12.5. The van der Waals surface area contributed by atoms with Crippen molar-refractivity contribution in [3.63, 3.8) is 0 Å². The zero-order valence-electron chi connectivity index (χ0n) is 15.6. The summed E-state index contributed by atoms with van der Waals surface area (Å²) in [5.74, 6) is 0.805. The molecule has 2 aromatic carbocycles. The van der Waals surface area contributed by atoms with E-state index < -0.39 is 10.0 Å². The fraction of sp³-hybridized carbons (Fsp3) is 0.100. The summed E-state index contributed by atoms with van der Waals surface area (Å²) in [7, 11) is -3.65. The lowest BCUT2D eigenvalue weighted by Gasteiger charge is -2.07. The van der Waals surface area contributed by atoms with E-state index in [4.69, 9.17) is 4.42 Å². The zero-order chi connectivity index (χ0) is 21.0. The van der Waals surface area contributed by atoms with Crippen LogP contribution in [-0.2, 0) is 21.4 Å². The molecule has 0 spiro atoms. The van der Waals surface area contributed by atoms with Crippen molar-refractivity contribution in [2.24, 2.45) is 0 Å². The molecule has 0 radical (unpaired) electrons. The van der Waals surface area contributed by atoms with Gasteiger partial charge in [-0.25, -0.2) is 13.4 Å². The summed E-state index contributed by atoms with van der Waals surface area (Å²) < 4.78 is 34.3. The van der Waals surface area contributed by atoms with Gasteiger partial charge in [0.2, 0.25) is 5.91 Å².